The molecule has 2 aliphatic heterocycles. The monoisotopic (exact) mass is 534 g/mol. The number of rotatable bonds is 6. The number of aliphatic hydroxyl groups excluding tert-OH is 5. The second kappa shape index (κ2) is 10.8. The predicted octanol–water partition coefficient (Wildman–Crippen LogP) is 0.168. The normalized spacial score (nSPS) is 28.8. The van der Waals surface area contributed by atoms with Gasteiger partial charge in [0.2, 0.25) is 12.1 Å². The highest BCUT2D eigenvalue weighted by Crippen LogP contribution is 2.46. The fourth-order valence-electron chi connectivity index (χ4n) is 4.35. The zero-order valence-corrected chi connectivity index (χ0v) is 20.6. The van der Waals surface area contributed by atoms with E-state index in [0.717, 1.165) is 17.7 Å². The topological polar surface area (TPSA) is 207 Å². The van der Waals surface area contributed by atoms with Crippen molar-refractivity contribution in [2.24, 2.45) is 0 Å². The van der Waals surface area contributed by atoms with Crippen LogP contribution in [0.4, 0.5) is 0 Å². The highest BCUT2D eigenvalue weighted by atomic mass is 16.7. The Morgan fingerprint density at radius 2 is 1.71 bits per heavy atom. The Labute approximate surface area is 217 Å². The van der Waals surface area contributed by atoms with Gasteiger partial charge in [0.25, 0.3) is 0 Å². The maximum atomic E-state index is 13.2. The molecule has 0 amide bonds. The van der Waals surface area contributed by atoms with Crippen LogP contribution in [0.15, 0.2) is 35.9 Å². The average molecular weight is 535 g/mol. The molecule has 38 heavy (non-hydrogen) atoms. The molecule has 3 unspecified atom stereocenters. The van der Waals surface area contributed by atoms with Crippen molar-refractivity contribution >= 4 is 5.78 Å². The molecule has 0 bridgehead atoms. The van der Waals surface area contributed by atoms with Gasteiger partial charge in [-0.2, -0.15) is 0 Å². The van der Waals surface area contributed by atoms with Crippen LogP contribution in [0.1, 0.15) is 41.4 Å². The SMILES string of the molecule is CC(C)=CCc1c(OC2O[C@H](CO)[C@@H](O)[C@H](O)[C@H]2O)cc2c(c1O)C(=O)C(O)C(c1ccc(O)c(O)c1)O2. The van der Waals surface area contributed by atoms with E-state index in [1.807, 2.05) is 13.8 Å². The third-order valence-electron chi connectivity index (χ3n) is 6.52. The van der Waals surface area contributed by atoms with E-state index in [4.69, 9.17) is 14.2 Å². The van der Waals surface area contributed by atoms with Crippen molar-refractivity contribution in [2.45, 2.75) is 63.2 Å². The number of allylic oxidation sites excluding steroid dienone is 2. The summed E-state index contributed by atoms with van der Waals surface area (Å²) >= 11 is 0. The van der Waals surface area contributed by atoms with E-state index >= 15 is 0 Å². The second-order valence-electron chi connectivity index (χ2n) is 9.47. The number of phenolic OH excluding ortho intramolecular Hbond substituents is 3. The lowest BCUT2D eigenvalue weighted by atomic mass is 9.90. The molecule has 4 rings (SSSR count). The van der Waals surface area contributed by atoms with E-state index in [2.05, 4.69) is 0 Å². The number of fused-ring (bicyclic) bond motifs is 1. The minimum absolute atomic E-state index is 0.0623. The summed E-state index contributed by atoms with van der Waals surface area (Å²) in [5.74, 6) is -2.60. The van der Waals surface area contributed by atoms with Crippen LogP contribution in [-0.2, 0) is 11.2 Å². The molecule has 8 N–H and O–H groups in total. The van der Waals surface area contributed by atoms with Crippen molar-refractivity contribution in [3.05, 3.63) is 52.6 Å². The summed E-state index contributed by atoms with van der Waals surface area (Å²) in [5.41, 5.74) is 0.814. The zero-order valence-electron chi connectivity index (χ0n) is 20.6. The number of ketones is 1. The molecule has 7 atom stereocenters. The van der Waals surface area contributed by atoms with Gasteiger partial charge in [0.05, 0.1) is 6.61 Å². The lowest BCUT2D eigenvalue weighted by molar-refractivity contribution is -0.277. The van der Waals surface area contributed by atoms with E-state index in [1.54, 1.807) is 6.08 Å². The summed E-state index contributed by atoms with van der Waals surface area (Å²) in [6, 6.07) is 4.88. The second-order valence-corrected chi connectivity index (χ2v) is 9.47. The Morgan fingerprint density at radius 1 is 1.00 bits per heavy atom. The molecular formula is C26H30O12. The van der Waals surface area contributed by atoms with Crippen LogP contribution in [0.5, 0.6) is 28.7 Å². The molecule has 12 heteroatoms. The van der Waals surface area contributed by atoms with E-state index in [-0.39, 0.29) is 34.6 Å². The maximum Gasteiger partial charge on any atom is 0.229 e. The van der Waals surface area contributed by atoms with Crippen LogP contribution in [0.3, 0.4) is 0 Å². The molecule has 1 fully saturated rings. The van der Waals surface area contributed by atoms with Gasteiger partial charge in [0.15, 0.2) is 23.7 Å². The molecule has 206 valence electrons. The van der Waals surface area contributed by atoms with Crippen molar-refractivity contribution in [1.29, 1.82) is 0 Å². The van der Waals surface area contributed by atoms with Gasteiger partial charge < -0.3 is 55.1 Å². The van der Waals surface area contributed by atoms with Gasteiger partial charge in [-0.15, -0.1) is 0 Å². The van der Waals surface area contributed by atoms with Crippen molar-refractivity contribution in [3.63, 3.8) is 0 Å². The number of Topliss-reactive ketones (excluding diaryl/α,β-unsaturated/α-hetero) is 1. The molecule has 0 aromatic heterocycles. The first kappa shape index (κ1) is 27.6. The molecule has 2 heterocycles. The molecule has 0 radical (unpaired) electrons. The minimum atomic E-state index is -1.76. The predicted molar refractivity (Wildman–Crippen MR) is 129 cm³/mol. The Balaban J connectivity index is 1.78. The largest absolute Gasteiger partial charge is 0.507 e. The molecule has 1 saturated heterocycles. The number of carbonyl (C=O) groups excluding carboxylic acids is 1. The van der Waals surface area contributed by atoms with Crippen molar-refractivity contribution in [1.82, 2.24) is 0 Å². The summed E-state index contributed by atoms with van der Waals surface area (Å²) < 4.78 is 17.1. The molecular weight excluding hydrogens is 504 g/mol. The van der Waals surface area contributed by atoms with E-state index in [9.17, 15) is 45.6 Å². The summed E-state index contributed by atoms with van der Waals surface area (Å²) in [7, 11) is 0. The van der Waals surface area contributed by atoms with Crippen molar-refractivity contribution in [3.8, 4) is 28.7 Å². The van der Waals surface area contributed by atoms with Crippen LogP contribution >= 0.6 is 0 Å². The van der Waals surface area contributed by atoms with Gasteiger partial charge in [-0.1, -0.05) is 17.7 Å². The van der Waals surface area contributed by atoms with E-state index in [0.29, 0.717) is 0 Å². The number of ether oxygens (including phenoxy) is 3. The maximum absolute atomic E-state index is 13.2. The van der Waals surface area contributed by atoms with E-state index in [1.165, 1.54) is 12.1 Å². The van der Waals surface area contributed by atoms with Gasteiger partial charge in [0.1, 0.15) is 47.2 Å². The third kappa shape index (κ3) is 5.01. The Hall–Kier alpha value is -3.39. The number of phenols is 3. The standard InChI is InChI=1S/C26H30O12/c1-10(2)3-5-12-15(37-26-24(35)22(33)20(31)17(9-27)38-26)8-16-18(19(12)30)21(32)23(34)25(36-16)11-4-6-13(28)14(29)7-11/h3-4,6-8,17,20,22-31,33-35H,5,9H2,1-2H3/t17-,20-,22+,23?,24-,25?,26?/m1/s1. The first-order valence-corrected chi connectivity index (χ1v) is 11.8. The summed E-state index contributed by atoms with van der Waals surface area (Å²) in [6.45, 7) is 2.94. The number of aromatic hydroxyl groups is 3. The number of hydrogen-bond acceptors (Lipinski definition) is 12. The van der Waals surface area contributed by atoms with Gasteiger partial charge >= 0.3 is 0 Å². The lowest BCUT2D eigenvalue weighted by Gasteiger charge is -2.40. The fraction of sp³-hybridized carbons (Fsp3) is 0.423. The van der Waals surface area contributed by atoms with Gasteiger partial charge in [-0.25, -0.2) is 0 Å². The summed E-state index contributed by atoms with van der Waals surface area (Å²) in [5, 5.41) is 81.4. The third-order valence-corrected chi connectivity index (χ3v) is 6.52. The van der Waals surface area contributed by atoms with Crippen molar-refractivity contribution < 1.29 is 59.9 Å². The number of hydrogen-bond donors (Lipinski definition) is 8. The number of benzene rings is 2. The lowest BCUT2D eigenvalue weighted by Crippen LogP contribution is -2.60. The Kier molecular flexibility index (Phi) is 7.83. The molecule has 2 aromatic rings. The molecule has 2 aliphatic rings. The highest BCUT2D eigenvalue weighted by Gasteiger charge is 2.46. The van der Waals surface area contributed by atoms with Gasteiger partial charge in [-0.3, -0.25) is 4.79 Å². The molecule has 0 aliphatic carbocycles. The minimum Gasteiger partial charge on any atom is -0.507 e. The number of aliphatic hydroxyl groups is 5. The van der Waals surface area contributed by atoms with Gasteiger partial charge in [-0.05, 0) is 38.0 Å². The van der Waals surface area contributed by atoms with Crippen LogP contribution < -0.4 is 9.47 Å². The number of carbonyl (C=O) groups is 1. The summed E-state index contributed by atoms with van der Waals surface area (Å²) in [4.78, 5) is 13.2. The smallest absolute Gasteiger partial charge is 0.229 e. The molecule has 2 aromatic carbocycles. The first-order chi connectivity index (χ1) is 17.9. The Morgan fingerprint density at radius 3 is 2.34 bits per heavy atom. The Bertz CT molecular complexity index is 1240. The van der Waals surface area contributed by atoms with Crippen LogP contribution in [-0.4, -0.2) is 90.1 Å². The highest BCUT2D eigenvalue weighted by molar-refractivity contribution is 6.06. The van der Waals surface area contributed by atoms with E-state index < -0.39 is 72.6 Å². The molecule has 0 spiro atoms. The quantitative estimate of drug-likeness (QED) is 0.184. The first-order valence-electron chi connectivity index (χ1n) is 11.8. The molecule has 0 saturated carbocycles. The van der Waals surface area contributed by atoms with Crippen LogP contribution in [0.2, 0.25) is 0 Å². The van der Waals surface area contributed by atoms with Crippen LogP contribution in [0, 0.1) is 0 Å². The summed E-state index contributed by atoms with van der Waals surface area (Å²) in [6.07, 6.45) is -9.16. The zero-order chi connectivity index (χ0) is 27.9. The molecule has 12 nitrogen and oxygen atoms in total. The average Bonchev–Trinajstić information content (AvgIpc) is 2.87. The van der Waals surface area contributed by atoms with Gasteiger partial charge in [0, 0.05) is 11.6 Å². The van der Waals surface area contributed by atoms with Crippen molar-refractivity contribution in [2.75, 3.05) is 6.61 Å². The fourth-order valence-corrected chi connectivity index (χ4v) is 4.35. The van der Waals surface area contributed by atoms with Crippen LogP contribution in [0.25, 0.3) is 0 Å².